The SMILES string of the molecule is Cc1ccc(NS(=O)(=O)C2CCCNC2)cc1N(C)C. The zero-order valence-corrected chi connectivity index (χ0v) is 13.1. The van der Waals surface area contributed by atoms with E-state index in [2.05, 4.69) is 10.0 Å². The van der Waals surface area contributed by atoms with Gasteiger partial charge in [-0.05, 0) is 44.0 Å². The van der Waals surface area contributed by atoms with E-state index in [1.165, 1.54) is 0 Å². The molecule has 5 nitrogen and oxygen atoms in total. The Labute approximate surface area is 121 Å². The van der Waals surface area contributed by atoms with E-state index in [1.807, 2.05) is 44.1 Å². The van der Waals surface area contributed by atoms with Crippen molar-refractivity contribution in [3.63, 3.8) is 0 Å². The van der Waals surface area contributed by atoms with E-state index in [0.29, 0.717) is 18.7 Å². The molecule has 1 aromatic carbocycles. The highest BCUT2D eigenvalue weighted by molar-refractivity contribution is 7.93. The molecule has 1 atom stereocenters. The smallest absolute Gasteiger partial charge is 0.236 e. The van der Waals surface area contributed by atoms with Crippen molar-refractivity contribution in [1.82, 2.24) is 5.32 Å². The number of sulfonamides is 1. The molecule has 1 aliphatic heterocycles. The molecule has 0 saturated carbocycles. The molecule has 0 bridgehead atoms. The zero-order valence-electron chi connectivity index (χ0n) is 12.3. The number of nitrogens with zero attached hydrogens (tertiary/aromatic N) is 1. The van der Waals surface area contributed by atoms with E-state index in [4.69, 9.17) is 0 Å². The highest BCUT2D eigenvalue weighted by Gasteiger charge is 2.27. The predicted molar refractivity (Wildman–Crippen MR) is 83.9 cm³/mol. The number of nitrogens with one attached hydrogen (secondary N) is 2. The van der Waals surface area contributed by atoms with Crippen molar-refractivity contribution >= 4 is 21.4 Å². The van der Waals surface area contributed by atoms with E-state index >= 15 is 0 Å². The average molecular weight is 297 g/mol. The Morgan fingerprint density at radius 3 is 2.70 bits per heavy atom. The number of hydrogen-bond donors (Lipinski definition) is 2. The normalized spacial score (nSPS) is 19.6. The molecule has 20 heavy (non-hydrogen) atoms. The van der Waals surface area contributed by atoms with E-state index in [9.17, 15) is 8.42 Å². The van der Waals surface area contributed by atoms with Crippen molar-refractivity contribution < 1.29 is 8.42 Å². The third-order valence-electron chi connectivity index (χ3n) is 3.64. The average Bonchev–Trinajstić information content (AvgIpc) is 2.41. The molecule has 1 fully saturated rings. The van der Waals surface area contributed by atoms with E-state index in [1.54, 1.807) is 0 Å². The highest BCUT2D eigenvalue weighted by Crippen LogP contribution is 2.24. The molecule has 6 heteroatoms. The number of rotatable bonds is 4. The van der Waals surface area contributed by atoms with Crippen LogP contribution >= 0.6 is 0 Å². The molecule has 1 aromatic rings. The Bertz CT molecular complexity index is 564. The molecule has 1 saturated heterocycles. The Hall–Kier alpha value is -1.27. The summed E-state index contributed by atoms with van der Waals surface area (Å²) in [7, 11) is 0.577. The lowest BCUT2D eigenvalue weighted by Crippen LogP contribution is -2.41. The molecular weight excluding hydrogens is 274 g/mol. The lowest BCUT2D eigenvalue weighted by molar-refractivity contribution is 0.499. The first-order valence-corrected chi connectivity index (χ1v) is 8.45. The second kappa shape index (κ2) is 6.01. The Morgan fingerprint density at radius 2 is 2.10 bits per heavy atom. The Kier molecular flexibility index (Phi) is 4.55. The van der Waals surface area contributed by atoms with Crippen LogP contribution in [0.1, 0.15) is 18.4 Å². The van der Waals surface area contributed by atoms with Crippen molar-refractivity contribution in [3.8, 4) is 0 Å². The van der Waals surface area contributed by atoms with Gasteiger partial charge < -0.3 is 10.2 Å². The van der Waals surface area contributed by atoms with Crippen LogP contribution in [-0.2, 0) is 10.0 Å². The van der Waals surface area contributed by atoms with E-state index in [-0.39, 0.29) is 5.25 Å². The van der Waals surface area contributed by atoms with Crippen LogP contribution in [0, 0.1) is 6.92 Å². The topological polar surface area (TPSA) is 61.4 Å². The molecule has 112 valence electrons. The van der Waals surface area contributed by atoms with E-state index < -0.39 is 10.0 Å². The quantitative estimate of drug-likeness (QED) is 0.885. The van der Waals surface area contributed by atoms with Crippen LogP contribution in [0.2, 0.25) is 0 Å². The van der Waals surface area contributed by atoms with Crippen LogP contribution in [-0.4, -0.2) is 40.9 Å². The minimum atomic E-state index is -3.32. The summed E-state index contributed by atoms with van der Waals surface area (Å²) in [5.74, 6) is 0. The number of anilines is 2. The lowest BCUT2D eigenvalue weighted by Gasteiger charge is -2.24. The number of hydrogen-bond acceptors (Lipinski definition) is 4. The maximum Gasteiger partial charge on any atom is 0.236 e. The van der Waals surface area contributed by atoms with Gasteiger partial charge in [0.05, 0.1) is 10.9 Å². The molecule has 0 amide bonds. The van der Waals surface area contributed by atoms with Gasteiger partial charge in [-0.2, -0.15) is 0 Å². The maximum absolute atomic E-state index is 12.4. The van der Waals surface area contributed by atoms with Gasteiger partial charge >= 0.3 is 0 Å². The maximum atomic E-state index is 12.4. The molecule has 2 rings (SSSR count). The van der Waals surface area contributed by atoms with Crippen molar-refractivity contribution in [2.24, 2.45) is 0 Å². The second-order valence-electron chi connectivity index (χ2n) is 5.51. The fourth-order valence-corrected chi connectivity index (χ4v) is 3.92. The third kappa shape index (κ3) is 3.43. The Balaban J connectivity index is 2.18. The summed E-state index contributed by atoms with van der Waals surface area (Å²) < 4.78 is 27.4. The second-order valence-corrected chi connectivity index (χ2v) is 7.47. The van der Waals surface area contributed by atoms with Crippen LogP contribution in [0.5, 0.6) is 0 Å². The van der Waals surface area contributed by atoms with Crippen molar-refractivity contribution in [3.05, 3.63) is 23.8 Å². The first-order chi connectivity index (χ1) is 9.40. The molecule has 0 spiro atoms. The van der Waals surface area contributed by atoms with Crippen LogP contribution in [0.4, 0.5) is 11.4 Å². The van der Waals surface area contributed by atoms with Crippen LogP contribution in [0.15, 0.2) is 18.2 Å². The first-order valence-electron chi connectivity index (χ1n) is 6.90. The van der Waals surface area contributed by atoms with E-state index in [0.717, 1.165) is 24.2 Å². The van der Waals surface area contributed by atoms with Gasteiger partial charge in [0.15, 0.2) is 0 Å². The van der Waals surface area contributed by atoms with Gasteiger partial charge in [-0.3, -0.25) is 4.72 Å². The largest absolute Gasteiger partial charge is 0.377 e. The molecular formula is C14H23N3O2S. The monoisotopic (exact) mass is 297 g/mol. The summed E-state index contributed by atoms with van der Waals surface area (Å²) in [5, 5.41) is 2.79. The van der Waals surface area contributed by atoms with Crippen molar-refractivity contribution in [2.45, 2.75) is 25.0 Å². The van der Waals surface area contributed by atoms with Gasteiger partial charge in [-0.1, -0.05) is 6.07 Å². The molecule has 0 radical (unpaired) electrons. The molecule has 0 aliphatic carbocycles. The molecule has 1 unspecified atom stereocenters. The summed E-state index contributed by atoms with van der Waals surface area (Å²) in [6.45, 7) is 3.45. The van der Waals surface area contributed by atoms with Crippen LogP contribution in [0.25, 0.3) is 0 Å². The molecule has 0 aromatic heterocycles. The minimum absolute atomic E-state index is 0.347. The number of benzene rings is 1. The summed E-state index contributed by atoms with van der Waals surface area (Å²) in [5.41, 5.74) is 2.77. The zero-order chi connectivity index (χ0) is 14.8. The van der Waals surface area contributed by atoms with Crippen LogP contribution < -0.4 is 14.9 Å². The highest BCUT2D eigenvalue weighted by atomic mass is 32.2. The summed E-state index contributed by atoms with van der Waals surface area (Å²) in [4.78, 5) is 1.98. The minimum Gasteiger partial charge on any atom is -0.377 e. The van der Waals surface area contributed by atoms with Crippen molar-refractivity contribution in [2.75, 3.05) is 36.8 Å². The third-order valence-corrected chi connectivity index (χ3v) is 5.44. The molecule has 1 aliphatic rings. The van der Waals surface area contributed by atoms with Crippen LogP contribution in [0.3, 0.4) is 0 Å². The number of piperidine rings is 1. The summed E-state index contributed by atoms with van der Waals surface area (Å²) in [6.07, 6.45) is 1.62. The predicted octanol–water partition coefficient (Wildman–Crippen LogP) is 1.55. The van der Waals surface area contributed by atoms with Gasteiger partial charge in [0.1, 0.15) is 0 Å². The van der Waals surface area contributed by atoms with Gasteiger partial charge in [0, 0.05) is 26.3 Å². The molecule has 2 N–H and O–H groups in total. The van der Waals surface area contributed by atoms with Gasteiger partial charge in [0.2, 0.25) is 10.0 Å². The van der Waals surface area contributed by atoms with Gasteiger partial charge in [0.25, 0.3) is 0 Å². The lowest BCUT2D eigenvalue weighted by atomic mass is 10.2. The van der Waals surface area contributed by atoms with Gasteiger partial charge in [-0.15, -0.1) is 0 Å². The summed E-state index contributed by atoms with van der Waals surface area (Å²) in [6, 6.07) is 5.63. The first kappa shape index (κ1) is 15.1. The molecule has 1 heterocycles. The van der Waals surface area contributed by atoms with Gasteiger partial charge in [-0.25, -0.2) is 8.42 Å². The van der Waals surface area contributed by atoms with Crippen molar-refractivity contribution in [1.29, 1.82) is 0 Å². The Morgan fingerprint density at radius 1 is 1.35 bits per heavy atom. The fourth-order valence-electron chi connectivity index (χ4n) is 2.49. The standard InChI is InChI=1S/C14H23N3O2S/c1-11-6-7-12(9-14(11)17(2)3)16-20(18,19)13-5-4-8-15-10-13/h6-7,9,13,15-16H,4-5,8,10H2,1-3H3. The summed E-state index contributed by atoms with van der Waals surface area (Å²) >= 11 is 0. The number of aryl methyl sites for hydroxylation is 1. The fraction of sp³-hybridized carbons (Fsp3) is 0.571.